The van der Waals surface area contributed by atoms with E-state index in [1.807, 2.05) is 6.07 Å². The van der Waals surface area contributed by atoms with Gasteiger partial charge < -0.3 is 9.80 Å². The Morgan fingerprint density at radius 1 is 0.733 bits per heavy atom. The van der Waals surface area contributed by atoms with Crippen molar-refractivity contribution < 1.29 is 8.42 Å². The van der Waals surface area contributed by atoms with E-state index < -0.39 is 9.84 Å². The molecule has 0 amide bonds. The zero-order valence-corrected chi connectivity index (χ0v) is 17.8. The van der Waals surface area contributed by atoms with Gasteiger partial charge in [0.25, 0.3) is 0 Å². The third-order valence-electron chi connectivity index (χ3n) is 6.25. The zero-order valence-electron chi connectivity index (χ0n) is 17.0. The van der Waals surface area contributed by atoms with Crippen molar-refractivity contribution >= 4 is 21.2 Å². The summed E-state index contributed by atoms with van der Waals surface area (Å²) >= 11 is 0. The molecule has 0 spiro atoms. The first kappa shape index (κ1) is 19.2. The number of para-hydroxylation sites is 1. The second-order valence-electron chi connectivity index (χ2n) is 8.11. The lowest BCUT2D eigenvalue weighted by atomic mass is 9.98. The van der Waals surface area contributed by atoms with Crippen molar-refractivity contribution in [2.24, 2.45) is 0 Å². The van der Waals surface area contributed by atoms with Crippen molar-refractivity contribution in [1.82, 2.24) is 0 Å². The lowest BCUT2D eigenvalue weighted by molar-refractivity contribution is 0.586. The Hall–Kier alpha value is -2.79. The molecule has 1 saturated heterocycles. The first-order valence-corrected chi connectivity index (χ1v) is 12.4. The third-order valence-corrected chi connectivity index (χ3v) is 7.86. The summed E-state index contributed by atoms with van der Waals surface area (Å²) in [7, 11) is -2.88. The van der Waals surface area contributed by atoms with Crippen molar-refractivity contribution in [1.29, 1.82) is 0 Å². The summed E-state index contributed by atoms with van der Waals surface area (Å²) in [5.74, 6) is 0.489. The summed E-state index contributed by atoms with van der Waals surface area (Å²) in [6, 6.07) is 25.6. The Balaban J connectivity index is 1.42. The van der Waals surface area contributed by atoms with Gasteiger partial charge in [-0.2, -0.15) is 0 Å². The minimum Gasteiger partial charge on any atom is -0.369 e. The molecule has 0 aliphatic carbocycles. The maximum atomic E-state index is 11.8. The van der Waals surface area contributed by atoms with E-state index >= 15 is 0 Å². The lowest BCUT2D eigenvalue weighted by Crippen LogP contribution is -2.41. The van der Waals surface area contributed by atoms with Gasteiger partial charge in [-0.3, -0.25) is 0 Å². The molecule has 0 N–H and O–H groups in total. The zero-order chi connectivity index (χ0) is 20.6. The van der Waals surface area contributed by atoms with Crippen molar-refractivity contribution in [3.05, 3.63) is 83.9 Å². The normalized spacial score (nSPS) is 17.7. The monoisotopic (exact) mass is 418 g/mol. The number of hydrogen-bond donors (Lipinski definition) is 0. The number of benzene rings is 3. The first-order valence-electron chi connectivity index (χ1n) is 10.6. The molecule has 4 nitrogen and oxygen atoms in total. The molecule has 0 saturated carbocycles. The topological polar surface area (TPSA) is 40.6 Å². The molecule has 2 aliphatic heterocycles. The van der Waals surface area contributed by atoms with Crippen LogP contribution in [-0.2, 0) is 22.8 Å². The summed E-state index contributed by atoms with van der Waals surface area (Å²) in [5.41, 5.74) is 7.75. The minimum absolute atomic E-state index is 0.244. The Kier molecular flexibility index (Phi) is 4.99. The SMILES string of the molecule is O=S1(=O)CCN(c2ccccc2CN2CCc3c(-c4ccccc4)cccc32)CC1. The van der Waals surface area contributed by atoms with Crippen molar-refractivity contribution in [3.8, 4) is 11.1 Å². The summed E-state index contributed by atoms with van der Waals surface area (Å²) in [5, 5.41) is 0. The van der Waals surface area contributed by atoms with E-state index in [1.165, 1.54) is 33.6 Å². The third kappa shape index (κ3) is 3.70. The molecule has 3 aromatic rings. The van der Waals surface area contributed by atoms with Gasteiger partial charge in [0.15, 0.2) is 9.84 Å². The number of anilines is 2. The van der Waals surface area contributed by atoms with Crippen LogP contribution in [0.15, 0.2) is 72.8 Å². The van der Waals surface area contributed by atoms with Gasteiger partial charge in [0.2, 0.25) is 0 Å². The fourth-order valence-electron chi connectivity index (χ4n) is 4.67. The Labute approximate surface area is 178 Å². The number of sulfone groups is 1. The second kappa shape index (κ2) is 7.80. The van der Waals surface area contributed by atoms with Gasteiger partial charge in [0.05, 0.1) is 11.5 Å². The molecule has 3 aromatic carbocycles. The van der Waals surface area contributed by atoms with Crippen molar-refractivity contribution in [2.45, 2.75) is 13.0 Å². The molecule has 154 valence electrons. The second-order valence-corrected chi connectivity index (χ2v) is 10.4. The minimum atomic E-state index is -2.88. The van der Waals surface area contributed by atoms with Crippen LogP contribution in [0, 0.1) is 0 Å². The molecule has 0 bridgehead atoms. The van der Waals surface area contributed by atoms with E-state index in [0.717, 1.165) is 19.5 Å². The molecule has 0 aromatic heterocycles. The average Bonchev–Trinajstić information content (AvgIpc) is 3.18. The summed E-state index contributed by atoms with van der Waals surface area (Å²) < 4.78 is 23.7. The van der Waals surface area contributed by atoms with E-state index in [4.69, 9.17) is 0 Å². The summed E-state index contributed by atoms with van der Waals surface area (Å²) in [4.78, 5) is 4.69. The fourth-order valence-corrected chi connectivity index (χ4v) is 5.87. The largest absolute Gasteiger partial charge is 0.369 e. The molecule has 0 atom stereocenters. The Bertz CT molecular complexity index is 1140. The number of nitrogens with zero attached hydrogens (tertiary/aromatic N) is 2. The standard InChI is InChI=1S/C25H26N2O2S/c28-30(29)17-15-26(16-18-30)24-11-5-4-9-21(24)19-27-14-13-23-22(10-6-12-25(23)27)20-7-2-1-3-8-20/h1-12H,13-19H2. The molecule has 0 radical (unpaired) electrons. The van der Waals surface area contributed by atoms with E-state index in [9.17, 15) is 8.42 Å². The van der Waals surface area contributed by atoms with Crippen LogP contribution in [0.1, 0.15) is 11.1 Å². The van der Waals surface area contributed by atoms with Gasteiger partial charge in [-0.25, -0.2) is 8.42 Å². The van der Waals surface area contributed by atoms with E-state index in [2.05, 4.69) is 76.5 Å². The summed E-state index contributed by atoms with van der Waals surface area (Å²) in [6.45, 7) is 2.99. The van der Waals surface area contributed by atoms with Gasteiger partial charge in [0.1, 0.15) is 0 Å². The molecule has 1 fully saturated rings. The Morgan fingerprint density at radius 3 is 2.23 bits per heavy atom. The van der Waals surface area contributed by atoms with E-state index in [0.29, 0.717) is 13.1 Å². The van der Waals surface area contributed by atoms with Gasteiger partial charge in [-0.15, -0.1) is 0 Å². The predicted octanol–water partition coefficient (Wildman–Crippen LogP) is 4.15. The van der Waals surface area contributed by atoms with Crippen LogP contribution in [-0.4, -0.2) is 39.6 Å². The fraction of sp³-hybridized carbons (Fsp3) is 0.280. The molecule has 5 rings (SSSR count). The predicted molar refractivity (Wildman–Crippen MR) is 124 cm³/mol. The van der Waals surface area contributed by atoms with Crippen LogP contribution in [0.25, 0.3) is 11.1 Å². The summed E-state index contributed by atoms with van der Waals surface area (Å²) in [6.07, 6.45) is 1.05. The lowest BCUT2D eigenvalue weighted by Gasteiger charge is -2.31. The van der Waals surface area contributed by atoms with Crippen LogP contribution in [0.5, 0.6) is 0 Å². The smallest absolute Gasteiger partial charge is 0.153 e. The number of hydrogen-bond acceptors (Lipinski definition) is 4. The van der Waals surface area contributed by atoms with Gasteiger partial charge >= 0.3 is 0 Å². The highest BCUT2D eigenvalue weighted by Crippen LogP contribution is 2.37. The average molecular weight is 419 g/mol. The molecule has 2 heterocycles. The molecule has 30 heavy (non-hydrogen) atoms. The van der Waals surface area contributed by atoms with Crippen LogP contribution in [0.4, 0.5) is 11.4 Å². The van der Waals surface area contributed by atoms with Crippen molar-refractivity contribution in [2.75, 3.05) is 40.9 Å². The van der Waals surface area contributed by atoms with Crippen LogP contribution >= 0.6 is 0 Å². The maximum absolute atomic E-state index is 11.8. The molecule has 0 unspecified atom stereocenters. The number of rotatable bonds is 4. The van der Waals surface area contributed by atoms with Crippen LogP contribution in [0.2, 0.25) is 0 Å². The molecule has 2 aliphatic rings. The highest BCUT2D eigenvalue weighted by Gasteiger charge is 2.26. The molecular formula is C25H26N2O2S. The van der Waals surface area contributed by atoms with Crippen LogP contribution < -0.4 is 9.80 Å². The highest BCUT2D eigenvalue weighted by molar-refractivity contribution is 7.91. The maximum Gasteiger partial charge on any atom is 0.153 e. The van der Waals surface area contributed by atoms with Gasteiger partial charge in [0, 0.05) is 37.6 Å². The highest BCUT2D eigenvalue weighted by atomic mass is 32.2. The van der Waals surface area contributed by atoms with Gasteiger partial charge in [-0.05, 0) is 40.8 Å². The molecule has 5 heteroatoms. The molecular weight excluding hydrogens is 392 g/mol. The van der Waals surface area contributed by atoms with Crippen LogP contribution in [0.3, 0.4) is 0 Å². The number of fused-ring (bicyclic) bond motifs is 1. The first-order chi connectivity index (χ1) is 14.6. The van der Waals surface area contributed by atoms with E-state index in [1.54, 1.807) is 0 Å². The Morgan fingerprint density at radius 2 is 1.43 bits per heavy atom. The quantitative estimate of drug-likeness (QED) is 0.638. The van der Waals surface area contributed by atoms with E-state index in [-0.39, 0.29) is 11.5 Å². The van der Waals surface area contributed by atoms with Crippen molar-refractivity contribution in [3.63, 3.8) is 0 Å². The van der Waals surface area contributed by atoms with Gasteiger partial charge in [-0.1, -0.05) is 60.7 Å².